The van der Waals surface area contributed by atoms with Crippen LogP contribution < -0.4 is 5.32 Å². The number of piperidine rings is 1. The van der Waals surface area contributed by atoms with Gasteiger partial charge >= 0.3 is 0 Å². The van der Waals surface area contributed by atoms with Gasteiger partial charge in [0.15, 0.2) is 0 Å². The summed E-state index contributed by atoms with van der Waals surface area (Å²) in [4.78, 5) is 5.04. The summed E-state index contributed by atoms with van der Waals surface area (Å²) in [6.45, 7) is 3.49. The van der Waals surface area contributed by atoms with Gasteiger partial charge in [-0.15, -0.1) is 0 Å². The molecule has 0 spiro atoms. The zero-order valence-corrected chi connectivity index (χ0v) is 13.4. The Morgan fingerprint density at radius 2 is 1.91 bits per heavy atom. The fraction of sp³-hybridized carbons (Fsp3) is 0.632. The van der Waals surface area contributed by atoms with Gasteiger partial charge in [-0.3, -0.25) is 0 Å². The Hall–Kier alpha value is -1.35. The smallest absolute Gasteiger partial charge is 0.112 e. The van der Waals surface area contributed by atoms with Crippen LogP contribution in [0.15, 0.2) is 24.3 Å². The predicted octanol–water partition coefficient (Wildman–Crippen LogP) is 4.08. The molecule has 1 aliphatic carbocycles. The first-order valence-electron chi connectivity index (χ1n) is 9.08. The number of fused-ring (bicyclic) bond motifs is 1. The molecule has 1 aliphatic heterocycles. The number of nitrogens with one attached hydrogen (secondary N) is 1. The van der Waals surface area contributed by atoms with Gasteiger partial charge in [0.05, 0.1) is 11.0 Å². The van der Waals surface area contributed by atoms with Crippen LogP contribution in [-0.4, -0.2) is 22.6 Å². The minimum Gasteiger partial charge on any atom is -0.327 e. The topological polar surface area (TPSA) is 29.9 Å². The fourth-order valence-corrected chi connectivity index (χ4v) is 4.30. The molecular weight excluding hydrogens is 270 g/mol. The molecule has 2 heterocycles. The highest BCUT2D eigenvalue weighted by Gasteiger charge is 2.24. The first-order chi connectivity index (χ1) is 10.9. The van der Waals surface area contributed by atoms with Gasteiger partial charge in [-0.1, -0.05) is 31.4 Å². The molecule has 0 radical (unpaired) electrons. The molecule has 1 aromatic heterocycles. The molecule has 4 rings (SSSR count). The molecule has 118 valence electrons. The third-order valence-electron chi connectivity index (χ3n) is 5.49. The van der Waals surface area contributed by atoms with E-state index in [2.05, 4.69) is 34.1 Å². The van der Waals surface area contributed by atoms with Crippen LogP contribution >= 0.6 is 0 Å². The van der Waals surface area contributed by atoms with Crippen LogP contribution in [0.25, 0.3) is 11.0 Å². The number of aromatic nitrogens is 2. The monoisotopic (exact) mass is 297 g/mol. The molecule has 1 saturated heterocycles. The summed E-state index contributed by atoms with van der Waals surface area (Å²) in [6, 6.07) is 8.71. The van der Waals surface area contributed by atoms with Gasteiger partial charge in [0, 0.05) is 12.5 Å². The quantitative estimate of drug-likeness (QED) is 0.925. The first kappa shape index (κ1) is 14.3. The Bertz CT molecular complexity index is 619. The van der Waals surface area contributed by atoms with Crippen LogP contribution in [0.4, 0.5) is 0 Å². The third kappa shape index (κ3) is 2.79. The molecule has 2 aliphatic rings. The Morgan fingerprint density at radius 1 is 1.05 bits per heavy atom. The molecule has 1 saturated carbocycles. The lowest BCUT2D eigenvalue weighted by atomic mass is 9.88. The molecule has 2 fully saturated rings. The normalized spacial score (nSPS) is 23.9. The van der Waals surface area contributed by atoms with E-state index in [4.69, 9.17) is 4.98 Å². The molecule has 0 bridgehead atoms. The van der Waals surface area contributed by atoms with Gasteiger partial charge in [-0.05, 0) is 56.8 Å². The fourth-order valence-electron chi connectivity index (χ4n) is 4.30. The van der Waals surface area contributed by atoms with E-state index in [0.29, 0.717) is 5.92 Å². The van der Waals surface area contributed by atoms with Gasteiger partial charge in [0.25, 0.3) is 0 Å². The van der Waals surface area contributed by atoms with E-state index in [0.717, 1.165) is 19.0 Å². The second-order valence-electron chi connectivity index (χ2n) is 7.12. The number of hydrogen-bond donors (Lipinski definition) is 1. The maximum atomic E-state index is 5.04. The van der Waals surface area contributed by atoms with Gasteiger partial charge in [0.2, 0.25) is 0 Å². The van der Waals surface area contributed by atoms with Crippen molar-refractivity contribution >= 4 is 11.0 Å². The van der Waals surface area contributed by atoms with Crippen molar-refractivity contribution in [1.29, 1.82) is 0 Å². The van der Waals surface area contributed by atoms with Crippen LogP contribution in [0, 0.1) is 5.92 Å². The van der Waals surface area contributed by atoms with Crippen LogP contribution in [-0.2, 0) is 6.54 Å². The average molecular weight is 297 g/mol. The molecule has 3 heteroatoms. The summed E-state index contributed by atoms with van der Waals surface area (Å²) >= 11 is 0. The van der Waals surface area contributed by atoms with Gasteiger partial charge in [-0.25, -0.2) is 4.98 Å². The zero-order valence-electron chi connectivity index (χ0n) is 13.4. The Morgan fingerprint density at radius 3 is 2.73 bits per heavy atom. The Kier molecular flexibility index (Phi) is 4.15. The van der Waals surface area contributed by atoms with Crippen molar-refractivity contribution in [2.75, 3.05) is 13.1 Å². The van der Waals surface area contributed by atoms with E-state index in [1.165, 1.54) is 68.3 Å². The molecule has 0 amide bonds. The van der Waals surface area contributed by atoms with Crippen molar-refractivity contribution in [2.45, 2.75) is 57.4 Å². The van der Waals surface area contributed by atoms with Crippen molar-refractivity contribution in [3.05, 3.63) is 30.1 Å². The maximum Gasteiger partial charge on any atom is 0.112 e. The van der Waals surface area contributed by atoms with Crippen LogP contribution in [0.5, 0.6) is 0 Å². The number of para-hydroxylation sites is 2. The lowest BCUT2D eigenvalue weighted by molar-refractivity contribution is 0.328. The molecule has 3 nitrogen and oxygen atoms in total. The summed E-state index contributed by atoms with van der Waals surface area (Å²) < 4.78 is 2.56. The number of benzene rings is 1. The Labute approximate surface area is 133 Å². The SMILES string of the molecule is c1ccc2c(c1)nc(C1CCCCC1)n2CC1CCCNC1. The molecular formula is C19H27N3. The number of rotatable bonds is 3. The molecule has 1 N–H and O–H groups in total. The van der Waals surface area contributed by atoms with E-state index in [9.17, 15) is 0 Å². The van der Waals surface area contributed by atoms with Crippen molar-refractivity contribution in [2.24, 2.45) is 5.92 Å². The highest BCUT2D eigenvalue weighted by molar-refractivity contribution is 5.76. The van der Waals surface area contributed by atoms with E-state index in [1.54, 1.807) is 0 Å². The van der Waals surface area contributed by atoms with E-state index in [1.807, 2.05) is 0 Å². The number of hydrogen-bond acceptors (Lipinski definition) is 2. The predicted molar refractivity (Wildman–Crippen MR) is 91.2 cm³/mol. The second-order valence-corrected chi connectivity index (χ2v) is 7.12. The number of imidazole rings is 1. The molecule has 2 aromatic rings. The largest absolute Gasteiger partial charge is 0.327 e. The molecule has 1 unspecified atom stereocenters. The number of nitrogens with zero attached hydrogens (tertiary/aromatic N) is 2. The zero-order chi connectivity index (χ0) is 14.8. The average Bonchev–Trinajstić information content (AvgIpc) is 2.95. The highest BCUT2D eigenvalue weighted by Crippen LogP contribution is 2.34. The summed E-state index contributed by atoms with van der Waals surface area (Å²) in [5, 5.41) is 3.56. The summed E-state index contributed by atoms with van der Waals surface area (Å²) in [5.41, 5.74) is 2.53. The molecule has 1 atom stereocenters. The summed E-state index contributed by atoms with van der Waals surface area (Å²) in [5.74, 6) is 2.80. The van der Waals surface area contributed by atoms with E-state index < -0.39 is 0 Å². The lowest BCUT2D eigenvalue weighted by Crippen LogP contribution is -2.32. The van der Waals surface area contributed by atoms with Crippen molar-refractivity contribution < 1.29 is 0 Å². The van der Waals surface area contributed by atoms with Gasteiger partial charge in [-0.2, -0.15) is 0 Å². The minimum absolute atomic E-state index is 0.678. The van der Waals surface area contributed by atoms with Crippen molar-refractivity contribution in [3.8, 4) is 0 Å². The third-order valence-corrected chi connectivity index (χ3v) is 5.49. The lowest BCUT2D eigenvalue weighted by Gasteiger charge is -2.27. The van der Waals surface area contributed by atoms with E-state index >= 15 is 0 Å². The van der Waals surface area contributed by atoms with Crippen molar-refractivity contribution in [1.82, 2.24) is 14.9 Å². The second kappa shape index (κ2) is 6.41. The van der Waals surface area contributed by atoms with Crippen LogP contribution in [0.3, 0.4) is 0 Å². The Balaban J connectivity index is 1.69. The first-order valence-corrected chi connectivity index (χ1v) is 9.08. The molecule has 1 aromatic carbocycles. The molecule has 22 heavy (non-hydrogen) atoms. The maximum absolute atomic E-state index is 5.04. The van der Waals surface area contributed by atoms with Gasteiger partial charge < -0.3 is 9.88 Å². The summed E-state index contributed by atoms with van der Waals surface area (Å²) in [7, 11) is 0. The van der Waals surface area contributed by atoms with Crippen LogP contribution in [0.1, 0.15) is 56.7 Å². The van der Waals surface area contributed by atoms with Gasteiger partial charge in [0.1, 0.15) is 5.82 Å². The highest BCUT2D eigenvalue weighted by atomic mass is 15.1. The standard InChI is InChI=1S/C19H27N3/c1-2-8-16(9-3-1)19-21-17-10-4-5-11-18(17)22(19)14-15-7-6-12-20-13-15/h4-5,10-11,15-16,20H,1-3,6-9,12-14H2. The summed E-state index contributed by atoms with van der Waals surface area (Å²) in [6.07, 6.45) is 9.47. The van der Waals surface area contributed by atoms with Crippen LogP contribution in [0.2, 0.25) is 0 Å². The minimum atomic E-state index is 0.678. The van der Waals surface area contributed by atoms with Crippen molar-refractivity contribution in [3.63, 3.8) is 0 Å². The van der Waals surface area contributed by atoms with E-state index in [-0.39, 0.29) is 0 Å².